The molecule has 1 aliphatic rings. The number of nitro groups is 1. The van der Waals surface area contributed by atoms with E-state index in [9.17, 15) is 24.5 Å². The van der Waals surface area contributed by atoms with Crippen LogP contribution < -0.4 is 0 Å². The van der Waals surface area contributed by atoms with Crippen molar-refractivity contribution in [2.75, 3.05) is 13.2 Å². The molecule has 3 rings (SSSR count). The first-order chi connectivity index (χ1) is 14.3. The van der Waals surface area contributed by atoms with E-state index >= 15 is 0 Å². The molecule has 0 atom stereocenters. The van der Waals surface area contributed by atoms with Gasteiger partial charge >= 0.3 is 5.97 Å². The fourth-order valence-electron chi connectivity index (χ4n) is 2.62. The highest BCUT2D eigenvalue weighted by atomic mass is 32.2. The van der Waals surface area contributed by atoms with Gasteiger partial charge < -0.3 is 9.15 Å². The lowest BCUT2D eigenvalue weighted by molar-refractivity contribution is -0.384. The van der Waals surface area contributed by atoms with E-state index in [1.54, 1.807) is 24.3 Å². The zero-order valence-electron chi connectivity index (χ0n) is 16.2. The number of rotatable bonds is 7. The minimum Gasteiger partial charge on any atom is -0.464 e. The number of carbonyl (C=O) groups excluding carboxylic acids is 3. The summed E-state index contributed by atoms with van der Waals surface area (Å²) in [5.74, 6) is -0.655. The van der Waals surface area contributed by atoms with Crippen LogP contribution in [0.5, 0.6) is 0 Å². The minimum atomic E-state index is -0.663. The average molecular weight is 430 g/mol. The fourth-order valence-corrected chi connectivity index (χ4v) is 3.43. The van der Waals surface area contributed by atoms with Crippen molar-refractivity contribution in [3.8, 4) is 11.3 Å². The van der Waals surface area contributed by atoms with Gasteiger partial charge in [0, 0.05) is 12.1 Å². The molecule has 0 radical (unpaired) electrons. The lowest BCUT2D eigenvalue weighted by Gasteiger charge is -2.12. The summed E-state index contributed by atoms with van der Waals surface area (Å²) in [4.78, 5) is 48.0. The molecule has 0 saturated carbocycles. The van der Waals surface area contributed by atoms with Crippen molar-refractivity contribution in [2.45, 2.75) is 13.8 Å². The first-order valence-corrected chi connectivity index (χ1v) is 9.82. The maximum atomic E-state index is 12.5. The molecular formula is C20H18N2O7S. The molecular weight excluding hydrogens is 412 g/mol. The second kappa shape index (κ2) is 8.95. The molecule has 0 spiro atoms. The molecule has 9 nitrogen and oxygen atoms in total. The third-order valence-electron chi connectivity index (χ3n) is 4.00. The molecule has 1 aromatic carbocycles. The van der Waals surface area contributed by atoms with Crippen LogP contribution in [0.1, 0.15) is 19.6 Å². The summed E-state index contributed by atoms with van der Waals surface area (Å²) in [6, 6.07) is 9.19. The number of nitrogens with zero attached hydrogens (tertiary/aromatic N) is 2. The molecule has 1 aromatic heterocycles. The number of hydrogen-bond donors (Lipinski definition) is 0. The van der Waals surface area contributed by atoms with Gasteiger partial charge in [0.2, 0.25) is 0 Å². The minimum absolute atomic E-state index is 0.0834. The van der Waals surface area contributed by atoms with Gasteiger partial charge in [0.15, 0.2) is 0 Å². The molecule has 1 fully saturated rings. The van der Waals surface area contributed by atoms with Crippen molar-refractivity contribution in [2.24, 2.45) is 5.92 Å². The van der Waals surface area contributed by atoms with Gasteiger partial charge in [-0.3, -0.25) is 29.4 Å². The summed E-state index contributed by atoms with van der Waals surface area (Å²) in [6.45, 7) is 3.48. The number of imide groups is 1. The maximum absolute atomic E-state index is 12.5. The van der Waals surface area contributed by atoms with Gasteiger partial charge in [-0.15, -0.1) is 0 Å². The number of thioether (sulfide) groups is 1. The molecule has 2 amide bonds. The standard InChI is InChI=1S/C20H18N2O7S/c1-12(2)11-28-18(23)10-21-19(24)17(30-20(21)25)9-13-7-8-16(29-13)14-5-3-4-6-15(14)22(26)27/h3-9,12H,10-11H2,1-2H3/b17-9+. The van der Waals surface area contributed by atoms with Crippen LogP contribution in [-0.4, -0.2) is 40.1 Å². The number of esters is 1. The van der Waals surface area contributed by atoms with Crippen LogP contribution in [0.2, 0.25) is 0 Å². The van der Waals surface area contributed by atoms with Crippen molar-refractivity contribution in [3.05, 3.63) is 57.2 Å². The van der Waals surface area contributed by atoms with E-state index in [0.717, 1.165) is 4.90 Å². The Balaban J connectivity index is 1.76. The first kappa shape index (κ1) is 21.3. The Kier molecular flexibility index (Phi) is 6.36. The second-order valence-electron chi connectivity index (χ2n) is 6.82. The van der Waals surface area contributed by atoms with Crippen molar-refractivity contribution >= 4 is 40.6 Å². The molecule has 1 aliphatic heterocycles. The second-order valence-corrected chi connectivity index (χ2v) is 7.81. The number of ether oxygens (including phenoxy) is 1. The van der Waals surface area contributed by atoms with Crippen LogP contribution in [0.4, 0.5) is 10.5 Å². The molecule has 0 aliphatic carbocycles. The highest BCUT2D eigenvalue weighted by molar-refractivity contribution is 8.18. The van der Waals surface area contributed by atoms with Crippen molar-refractivity contribution in [1.82, 2.24) is 4.90 Å². The quantitative estimate of drug-likeness (QED) is 0.279. The SMILES string of the molecule is CC(C)COC(=O)CN1C(=O)S/C(=C/c2ccc(-c3ccccc3[N+](=O)[O-])o2)C1=O. The van der Waals surface area contributed by atoms with E-state index in [2.05, 4.69) is 0 Å². The lowest BCUT2D eigenvalue weighted by Crippen LogP contribution is -2.34. The summed E-state index contributed by atoms with van der Waals surface area (Å²) in [6.07, 6.45) is 1.36. The monoisotopic (exact) mass is 430 g/mol. The lowest BCUT2D eigenvalue weighted by atomic mass is 10.1. The third-order valence-corrected chi connectivity index (χ3v) is 4.91. The zero-order chi connectivity index (χ0) is 21.8. The molecule has 0 bridgehead atoms. The first-order valence-electron chi connectivity index (χ1n) is 9.01. The van der Waals surface area contributed by atoms with Crippen LogP contribution in [0.25, 0.3) is 17.4 Å². The van der Waals surface area contributed by atoms with Gasteiger partial charge in [0.25, 0.3) is 16.8 Å². The van der Waals surface area contributed by atoms with E-state index in [0.29, 0.717) is 17.3 Å². The van der Waals surface area contributed by atoms with E-state index in [1.165, 1.54) is 18.2 Å². The number of hydrogen-bond acceptors (Lipinski definition) is 8. The topological polar surface area (TPSA) is 120 Å². The van der Waals surface area contributed by atoms with E-state index < -0.39 is 28.6 Å². The zero-order valence-corrected chi connectivity index (χ0v) is 17.0. The number of nitro benzene ring substituents is 1. The van der Waals surface area contributed by atoms with Crippen molar-refractivity contribution < 1.29 is 28.5 Å². The summed E-state index contributed by atoms with van der Waals surface area (Å²) in [5.41, 5.74) is 0.182. The third kappa shape index (κ3) is 4.77. The number of amides is 2. The largest absolute Gasteiger partial charge is 0.464 e. The van der Waals surface area contributed by atoms with Crippen molar-refractivity contribution in [1.29, 1.82) is 0 Å². The molecule has 0 unspecified atom stereocenters. The van der Waals surface area contributed by atoms with Crippen LogP contribution in [-0.2, 0) is 14.3 Å². The average Bonchev–Trinajstić information content (AvgIpc) is 3.27. The molecule has 0 N–H and O–H groups in total. The van der Waals surface area contributed by atoms with Crippen LogP contribution in [0, 0.1) is 16.0 Å². The molecule has 156 valence electrons. The van der Waals surface area contributed by atoms with Gasteiger partial charge in [0.05, 0.1) is 22.0 Å². The van der Waals surface area contributed by atoms with Crippen LogP contribution >= 0.6 is 11.8 Å². The normalized spacial score (nSPS) is 15.3. The van der Waals surface area contributed by atoms with Gasteiger partial charge in [-0.2, -0.15) is 0 Å². The smallest absolute Gasteiger partial charge is 0.326 e. The van der Waals surface area contributed by atoms with E-state index in [-0.39, 0.29) is 34.6 Å². The predicted octanol–water partition coefficient (Wildman–Crippen LogP) is 4.09. The van der Waals surface area contributed by atoms with Crippen molar-refractivity contribution in [3.63, 3.8) is 0 Å². The Morgan fingerprint density at radius 1 is 1.27 bits per heavy atom. The Morgan fingerprint density at radius 3 is 2.70 bits per heavy atom. The molecule has 30 heavy (non-hydrogen) atoms. The highest BCUT2D eigenvalue weighted by Gasteiger charge is 2.37. The van der Waals surface area contributed by atoms with Gasteiger partial charge in [-0.25, -0.2) is 0 Å². The molecule has 2 aromatic rings. The molecule has 10 heteroatoms. The Morgan fingerprint density at radius 2 is 2.00 bits per heavy atom. The summed E-state index contributed by atoms with van der Waals surface area (Å²) < 4.78 is 10.6. The van der Waals surface area contributed by atoms with E-state index in [4.69, 9.17) is 9.15 Å². The van der Waals surface area contributed by atoms with Gasteiger partial charge in [-0.1, -0.05) is 26.0 Å². The van der Waals surface area contributed by atoms with Crippen LogP contribution in [0.15, 0.2) is 45.7 Å². The summed E-state index contributed by atoms with van der Waals surface area (Å²) in [5, 5.41) is 10.6. The maximum Gasteiger partial charge on any atom is 0.326 e. The number of benzene rings is 1. The van der Waals surface area contributed by atoms with Crippen LogP contribution in [0.3, 0.4) is 0 Å². The van der Waals surface area contributed by atoms with Gasteiger partial charge in [0.1, 0.15) is 18.1 Å². The van der Waals surface area contributed by atoms with Gasteiger partial charge in [-0.05, 0) is 35.9 Å². The summed E-state index contributed by atoms with van der Waals surface area (Å²) in [7, 11) is 0. The Hall–Kier alpha value is -3.40. The Bertz CT molecular complexity index is 1040. The highest BCUT2D eigenvalue weighted by Crippen LogP contribution is 2.35. The fraction of sp³-hybridized carbons (Fsp3) is 0.250. The van der Waals surface area contributed by atoms with E-state index in [1.807, 2.05) is 13.8 Å². The molecule has 1 saturated heterocycles. The molecule has 2 heterocycles. The summed E-state index contributed by atoms with van der Waals surface area (Å²) >= 11 is 0.679. The number of para-hydroxylation sites is 1. The number of carbonyl (C=O) groups is 3. The Labute approximate surface area is 175 Å². The predicted molar refractivity (Wildman–Crippen MR) is 109 cm³/mol. The number of furan rings is 1.